The third-order valence-corrected chi connectivity index (χ3v) is 6.42. The van der Waals surface area contributed by atoms with Gasteiger partial charge in [-0.05, 0) is 49.2 Å². The summed E-state index contributed by atoms with van der Waals surface area (Å²) >= 11 is 6.21. The van der Waals surface area contributed by atoms with Gasteiger partial charge < -0.3 is 15.6 Å². The molecule has 174 valence electrons. The molecule has 3 N–H and O–H groups in total. The van der Waals surface area contributed by atoms with Gasteiger partial charge in [0.25, 0.3) is 0 Å². The van der Waals surface area contributed by atoms with Crippen molar-refractivity contribution in [2.75, 3.05) is 13.1 Å². The largest absolute Gasteiger partial charge is 0.348 e. The summed E-state index contributed by atoms with van der Waals surface area (Å²) in [7, 11) is 0. The highest BCUT2D eigenvalue weighted by Gasteiger charge is 2.42. The first-order valence-corrected chi connectivity index (χ1v) is 11.7. The zero-order valence-electron chi connectivity index (χ0n) is 18.7. The Morgan fingerprint density at radius 2 is 2.03 bits per heavy atom. The van der Waals surface area contributed by atoms with Crippen LogP contribution in [0, 0.1) is 17.2 Å². The zero-order chi connectivity index (χ0) is 24.0. The molecule has 0 aliphatic carbocycles. The van der Waals surface area contributed by atoms with Crippen LogP contribution in [0.2, 0.25) is 5.02 Å². The van der Waals surface area contributed by atoms with Gasteiger partial charge in [-0.2, -0.15) is 5.26 Å². The van der Waals surface area contributed by atoms with Crippen LogP contribution < -0.4 is 10.6 Å². The number of benzene rings is 2. The van der Waals surface area contributed by atoms with E-state index in [4.69, 9.17) is 16.9 Å². The molecule has 1 saturated heterocycles. The Balaban J connectivity index is 1.77. The second-order valence-corrected chi connectivity index (χ2v) is 9.13. The van der Waals surface area contributed by atoms with Gasteiger partial charge in [-0.1, -0.05) is 35.9 Å². The molecule has 1 unspecified atom stereocenters. The predicted octanol–water partition coefficient (Wildman–Crippen LogP) is 3.46. The number of aromatic nitrogens is 2. The maximum atomic E-state index is 14.1. The van der Waals surface area contributed by atoms with E-state index in [1.165, 1.54) is 0 Å². The molecule has 2 atom stereocenters. The molecule has 7 nitrogen and oxygen atoms in total. The summed E-state index contributed by atoms with van der Waals surface area (Å²) < 4.78 is 0. The Labute approximate surface area is 203 Å². The van der Waals surface area contributed by atoms with Gasteiger partial charge in [-0.25, -0.2) is 4.98 Å². The molecule has 8 heteroatoms. The number of nitrogens with one attached hydrogen (secondary N) is 3. The van der Waals surface area contributed by atoms with Crippen molar-refractivity contribution >= 4 is 23.3 Å². The van der Waals surface area contributed by atoms with Crippen molar-refractivity contribution in [2.24, 2.45) is 5.92 Å². The number of hydrogen-bond donors (Lipinski definition) is 3. The Morgan fingerprint density at radius 3 is 2.68 bits per heavy atom. The molecule has 0 spiro atoms. The minimum Gasteiger partial charge on any atom is -0.348 e. The van der Waals surface area contributed by atoms with E-state index >= 15 is 0 Å². The van der Waals surface area contributed by atoms with E-state index < -0.39 is 5.54 Å². The van der Waals surface area contributed by atoms with E-state index in [9.17, 15) is 9.59 Å². The first-order valence-electron chi connectivity index (χ1n) is 11.3. The number of rotatable bonds is 8. The van der Waals surface area contributed by atoms with Gasteiger partial charge in [0.2, 0.25) is 5.91 Å². The van der Waals surface area contributed by atoms with Crippen molar-refractivity contribution in [1.29, 1.82) is 5.26 Å². The lowest BCUT2D eigenvalue weighted by atomic mass is 9.79. The fourth-order valence-electron chi connectivity index (χ4n) is 4.44. The van der Waals surface area contributed by atoms with E-state index in [0.717, 1.165) is 30.6 Å². The fourth-order valence-corrected chi connectivity index (χ4v) is 4.63. The molecule has 0 bridgehead atoms. The van der Waals surface area contributed by atoms with Gasteiger partial charge in [-0.3, -0.25) is 9.59 Å². The standard InChI is InChI=1S/C26H26ClN5O2/c27-22-5-1-3-20(11-22)24(33)26(13-23-16-30-17-31-23,12-18-6-8-19(14-28)9-7-18)32-25(34)21-4-2-10-29-15-21/h1,3,5-9,11,16-17,21,29H,2,4,10,12-13,15H2,(H,30,31)(H,32,34)/t21-,26?/m0/s1. The maximum absolute atomic E-state index is 14.1. The minimum absolute atomic E-state index is 0.157. The first-order chi connectivity index (χ1) is 16.5. The number of H-pyrrole nitrogens is 1. The molecular formula is C26H26ClN5O2. The van der Waals surface area contributed by atoms with Crippen LogP contribution in [0.4, 0.5) is 0 Å². The summed E-state index contributed by atoms with van der Waals surface area (Å²) in [4.78, 5) is 34.7. The van der Waals surface area contributed by atoms with Gasteiger partial charge in [0, 0.05) is 41.9 Å². The minimum atomic E-state index is -1.28. The monoisotopic (exact) mass is 475 g/mol. The molecule has 0 radical (unpaired) electrons. The second kappa shape index (κ2) is 10.6. The number of hydrogen-bond acceptors (Lipinski definition) is 5. The van der Waals surface area contributed by atoms with Crippen LogP contribution in [0.15, 0.2) is 61.1 Å². The van der Waals surface area contributed by atoms with Crippen LogP contribution in [-0.2, 0) is 17.6 Å². The molecule has 4 rings (SSSR count). The number of halogens is 1. The van der Waals surface area contributed by atoms with E-state index in [2.05, 4.69) is 26.7 Å². The van der Waals surface area contributed by atoms with Crippen molar-refractivity contribution in [3.8, 4) is 6.07 Å². The summed E-state index contributed by atoms with van der Waals surface area (Å²) in [5, 5.41) is 16.0. The number of carbonyl (C=O) groups is 2. The number of aromatic amines is 1. The Hall–Kier alpha value is -3.47. The molecule has 1 amide bonds. The normalized spacial score (nSPS) is 17.4. The van der Waals surface area contributed by atoms with E-state index in [1.807, 2.05) is 12.1 Å². The SMILES string of the molecule is N#Cc1ccc(CC(Cc2cnc[nH]2)(NC(=O)[C@H]2CCCNC2)C(=O)c2cccc(Cl)c2)cc1. The highest BCUT2D eigenvalue weighted by atomic mass is 35.5. The van der Waals surface area contributed by atoms with Crippen LogP contribution in [-0.4, -0.2) is 40.3 Å². The first kappa shape index (κ1) is 23.7. The maximum Gasteiger partial charge on any atom is 0.225 e. The molecule has 1 aliphatic rings. The third-order valence-electron chi connectivity index (χ3n) is 6.19. The Kier molecular flexibility index (Phi) is 7.41. The smallest absolute Gasteiger partial charge is 0.225 e. The lowest BCUT2D eigenvalue weighted by molar-refractivity contribution is -0.127. The summed E-state index contributed by atoms with van der Waals surface area (Å²) in [6.07, 6.45) is 5.36. The number of carbonyl (C=O) groups excluding carboxylic acids is 2. The quantitative estimate of drug-likeness (QED) is 0.432. The summed E-state index contributed by atoms with van der Waals surface area (Å²) in [6.45, 7) is 1.46. The van der Waals surface area contributed by atoms with Crippen molar-refractivity contribution in [1.82, 2.24) is 20.6 Å². The number of amides is 1. The van der Waals surface area contributed by atoms with Crippen LogP contribution in [0.5, 0.6) is 0 Å². The van der Waals surface area contributed by atoms with Gasteiger partial charge in [0.1, 0.15) is 5.54 Å². The highest BCUT2D eigenvalue weighted by molar-refractivity contribution is 6.31. The van der Waals surface area contributed by atoms with Crippen LogP contribution in [0.25, 0.3) is 0 Å². The van der Waals surface area contributed by atoms with Gasteiger partial charge in [0.15, 0.2) is 5.78 Å². The topological polar surface area (TPSA) is 111 Å². The molecular weight excluding hydrogens is 450 g/mol. The number of ketones is 1. The lowest BCUT2D eigenvalue weighted by Gasteiger charge is -2.36. The van der Waals surface area contributed by atoms with Crippen LogP contribution in [0.1, 0.15) is 40.0 Å². The molecule has 34 heavy (non-hydrogen) atoms. The molecule has 2 heterocycles. The van der Waals surface area contributed by atoms with Gasteiger partial charge in [-0.15, -0.1) is 0 Å². The number of nitrogens with zero attached hydrogens (tertiary/aromatic N) is 2. The Morgan fingerprint density at radius 1 is 1.21 bits per heavy atom. The van der Waals surface area contributed by atoms with Crippen molar-refractivity contribution in [3.05, 3.63) is 88.5 Å². The molecule has 0 saturated carbocycles. The summed E-state index contributed by atoms with van der Waals surface area (Å²) in [5.74, 6) is -0.607. The van der Waals surface area contributed by atoms with Crippen molar-refractivity contribution in [2.45, 2.75) is 31.2 Å². The lowest BCUT2D eigenvalue weighted by Crippen LogP contribution is -2.60. The number of Topliss-reactive ketones (excluding diaryl/α,β-unsaturated/α-hetero) is 1. The van der Waals surface area contributed by atoms with Crippen LogP contribution in [0.3, 0.4) is 0 Å². The van der Waals surface area contributed by atoms with Gasteiger partial charge >= 0.3 is 0 Å². The molecule has 2 aromatic carbocycles. The van der Waals surface area contributed by atoms with Crippen LogP contribution >= 0.6 is 11.6 Å². The summed E-state index contributed by atoms with van der Waals surface area (Å²) in [6, 6.07) is 16.0. The zero-order valence-corrected chi connectivity index (χ0v) is 19.4. The fraction of sp³-hybridized carbons (Fsp3) is 0.308. The highest BCUT2D eigenvalue weighted by Crippen LogP contribution is 2.27. The number of piperidine rings is 1. The summed E-state index contributed by atoms with van der Waals surface area (Å²) in [5.41, 5.74) is 1.23. The number of imidazole rings is 1. The van der Waals surface area contributed by atoms with Crippen molar-refractivity contribution < 1.29 is 9.59 Å². The van der Waals surface area contributed by atoms with E-state index in [-0.39, 0.29) is 30.4 Å². The average Bonchev–Trinajstić information content (AvgIpc) is 3.37. The Bertz CT molecular complexity index is 1180. The average molecular weight is 476 g/mol. The van der Waals surface area contributed by atoms with E-state index in [0.29, 0.717) is 22.7 Å². The molecule has 1 fully saturated rings. The predicted molar refractivity (Wildman–Crippen MR) is 129 cm³/mol. The molecule has 3 aromatic rings. The molecule has 1 aliphatic heterocycles. The van der Waals surface area contributed by atoms with E-state index in [1.54, 1.807) is 48.9 Å². The third kappa shape index (κ3) is 5.53. The van der Waals surface area contributed by atoms with Gasteiger partial charge in [0.05, 0.1) is 23.9 Å². The second-order valence-electron chi connectivity index (χ2n) is 8.69. The number of nitriles is 1. The van der Waals surface area contributed by atoms with Crippen molar-refractivity contribution in [3.63, 3.8) is 0 Å². The molecule has 1 aromatic heterocycles.